The first kappa shape index (κ1) is 13.5. The van der Waals surface area contributed by atoms with Gasteiger partial charge in [-0.05, 0) is 45.5 Å². The maximum atomic E-state index is 4.43. The number of aryl methyl sites for hydroxylation is 1. The highest BCUT2D eigenvalue weighted by molar-refractivity contribution is 5.17. The fourth-order valence-electron chi connectivity index (χ4n) is 2.93. The maximum absolute atomic E-state index is 4.43. The van der Waals surface area contributed by atoms with Crippen LogP contribution in [0.1, 0.15) is 36.9 Å². The van der Waals surface area contributed by atoms with Gasteiger partial charge in [-0.3, -0.25) is 4.98 Å². The smallest absolute Gasteiger partial charge is 0.0570 e. The second-order valence-electron chi connectivity index (χ2n) is 5.70. The first-order valence-corrected chi connectivity index (χ1v) is 6.93. The van der Waals surface area contributed by atoms with Gasteiger partial charge in [-0.1, -0.05) is 18.9 Å². The topological polar surface area (TPSA) is 28.2 Å². The summed E-state index contributed by atoms with van der Waals surface area (Å²) >= 11 is 0. The average Bonchev–Trinajstić information content (AvgIpc) is 2.82. The van der Waals surface area contributed by atoms with Crippen LogP contribution in [-0.4, -0.2) is 36.1 Å². The van der Waals surface area contributed by atoms with E-state index in [9.17, 15) is 0 Å². The van der Waals surface area contributed by atoms with Gasteiger partial charge < -0.3 is 10.2 Å². The molecule has 0 bridgehead atoms. The van der Waals surface area contributed by atoms with Crippen LogP contribution in [0.25, 0.3) is 0 Å². The molecule has 1 heterocycles. The fourth-order valence-corrected chi connectivity index (χ4v) is 2.93. The lowest BCUT2D eigenvalue weighted by Crippen LogP contribution is -2.49. The van der Waals surface area contributed by atoms with E-state index in [0.717, 1.165) is 13.1 Å². The molecule has 0 unspecified atom stereocenters. The second kappa shape index (κ2) is 5.81. The second-order valence-corrected chi connectivity index (χ2v) is 5.70. The average molecular weight is 247 g/mol. The molecule has 0 atom stereocenters. The van der Waals surface area contributed by atoms with E-state index in [1.54, 1.807) is 0 Å². The van der Waals surface area contributed by atoms with Crippen molar-refractivity contribution in [2.24, 2.45) is 0 Å². The molecule has 18 heavy (non-hydrogen) atoms. The molecule has 100 valence electrons. The Hall–Kier alpha value is -0.930. The molecule has 1 aromatic heterocycles. The molecule has 0 aliphatic heterocycles. The number of hydrogen-bond donors (Lipinski definition) is 1. The summed E-state index contributed by atoms with van der Waals surface area (Å²) in [6.07, 6.45) is 7.23. The molecule has 0 amide bonds. The summed E-state index contributed by atoms with van der Waals surface area (Å²) in [5.41, 5.74) is 2.81. The Morgan fingerprint density at radius 2 is 2.06 bits per heavy atom. The van der Waals surface area contributed by atoms with E-state index in [1.807, 2.05) is 12.3 Å². The monoisotopic (exact) mass is 247 g/mol. The van der Waals surface area contributed by atoms with E-state index in [-0.39, 0.29) is 0 Å². The largest absolute Gasteiger partial charge is 0.309 e. The van der Waals surface area contributed by atoms with E-state index in [4.69, 9.17) is 0 Å². The summed E-state index contributed by atoms with van der Waals surface area (Å²) < 4.78 is 0. The molecule has 1 aliphatic carbocycles. The summed E-state index contributed by atoms with van der Waals surface area (Å²) in [5.74, 6) is 0. The number of rotatable bonds is 5. The van der Waals surface area contributed by atoms with Crippen LogP contribution in [0.15, 0.2) is 18.3 Å². The third-order valence-corrected chi connectivity index (χ3v) is 4.35. The summed E-state index contributed by atoms with van der Waals surface area (Å²) in [6, 6.07) is 4.12. The van der Waals surface area contributed by atoms with Crippen LogP contribution in [0.4, 0.5) is 0 Å². The minimum Gasteiger partial charge on any atom is -0.309 e. The van der Waals surface area contributed by atoms with Gasteiger partial charge in [0.1, 0.15) is 0 Å². The number of pyridine rings is 1. The highest BCUT2D eigenvalue weighted by atomic mass is 15.2. The van der Waals surface area contributed by atoms with Crippen molar-refractivity contribution in [3.8, 4) is 0 Å². The third-order valence-electron chi connectivity index (χ3n) is 4.35. The molecule has 0 aromatic carbocycles. The van der Waals surface area contributed by atoms with Gasteiger partial charge >= 0.3 is 0 Å². The maximum Gasteiger partial charge on any atom is 0.0570 e. The molecule has 1 saturated carbocycles. The van der Waals surface area contributed by atoms with Gasteiger partial charge in [0.05, 0.1) is 5.69 Å². The standard InChI is InChI=1S/C15H25N3/c1-13-7-6-10-17-14(13)11-16-12-15(18(2)3)8-4-5-9-15/h6-7,10,16H,4-5,8-9,11-12H2,1-3H3. The van der Waals surface area contributed by atoms with Crippen molar-refractivity contribution in [2.45, 2.75) is 44.7 Å². The summed E-state index contributed by atoms with van der Waals surface area (Å²) in [7, 11) is 4.41. The molecule has 1 N–H and O–H groups in total. The third kappa shape index (κ3) is 2.90. The molecule has 1 aromatic rings. The van der Waals surface area contributed by atoms with Gasteiger partial charge in [-0.2, -0.15) is 0 Å². The zero-order valence-electron chi connectivity index (χ0n) is 11.9. The zero-order valence-corrected chi connectivity index (χ0v) is 11.9. The molecule has 2 rings (SSSR count). The number of nitrogens with one attached hydrogen (secondary N) is 1. The molecule has 3 heteroatoms. The normalized spacial score (nSPS) is 18.4. The molecule has 0 spiro atoms. The Morgan fingerprint density at radius 1 is 1.33 bits per heavy atom. The van der Waals surface area contributed by atoms with Crippen molar-refractivity contribution in [1.82, 2.24) is 15.2 Å². The van der Waals surface area contributed by atoms with E-state index >= 15 is 0 Å². The molecular weight excluding hydrogens is 222 g/mol. The Labute approximate surface area is 111 Å². The first-order valence-electron chi connectivity index (χ1n) is 6.93. The molecule has 1 aliphatic rings. The van der Waals surface area contributed by atoms with E-state index in [1.165, 1.54) is 36.9 Å². The highest BCUT2D eigenvalue weighted by Gasteiger charge is 2.35. The number of aromatic nitrogens is 1. The summed E-state index contributed by atoms with van der Waals surface area (Å²) in [5, 5.41) is 3.60. The van der Waals surface area contributed by atoms with Gasteiger partial charge in [0.25, 0.3) is 0 Å². The Morgan fingerprint density at radius 3 is 2.67 bits per heavy atom. The molecule has 0 saturated heterocycles. The molecule has 0 radical (unpaired) electrons. The lowest BCUT2D eigenvalue weighted by atomic mass is 9.96. The van der Waals surface area contributed by atoms with Crippen LogP contribution in [0.2, 0.25) is 0 Å². The van der Waals surface area contributed by atoms with Crippen LogP contribution in [0.3, 0.4) is 0 Å². The van der Waals surface area contributed by atoms with Crippen molar-refractivity contribution in [2.75, 3.05) is 20.6 Å². The quantitative estimate of drug-likeness (QED) is 0.865. The molecule has 1 fully saturated rings. The van der Waals surface area contributed by atoms with Crippen molar-refractivity contribution in [3.63, 3.8) is 0 Å². The van der Waals surface area contributed by atoms with Crippen molar-refractivity contribution < 1.29 is 0 Å². The lowest BCUT2D eigenvalue weighted by molar-refractivity contribution is 0.153. The summed E-state index contributed by atoms with van der Waals surface area (Å²) in [6.45, 7) is 4.07. The first-order chi connectivity index (χ1) is 8.64. The number of nitrogens with zero attached hydrogens (tertiary/aromatic N) is 2. The predicted octanol–water partition coefficient (Wildman–Crippen LogP) is 2.35. The van der Waals surface area contributed by atoms with E-state index < -0.39 is 0 Å². The molecule has 3 nitrogen and oxygen atoms in total. The van der Waals surface area contributed by atoms with Crippen LogP contribution in [0, 0.1) is 6.92 Å². The van der Waals surface area contributed by atoms with Crippen molar-refractivity contribution in [3.05, 3.63) is 29.6 Å². The molecular formula is C15H25N3. The Balaban J connectivity index is 1.90. The van der Waals surface area contributed by atoms with E-state index in [0.29, 0.717) is 5.54 Å². The number of likely N-dealkylation sites (N-methyl/N-ethyl adjacent to an activating group) is 1. The minimum atomic E-state index is 0.364. The van der Waals surface area contributed by atoms with Gasteiger partial charge in [-0.15, -0.1) is 0 Å². The lowest BCUT2D eigenvalue weighted by Gasteiger charge is -2.36. The van der Waals surface area contributed by atoms with Gasteiger partial charge in [0.2, 0.25) is 0 Å². The van der Waals surface area contributed by atoms with Crippen LogP contribution >= 0.6 is 0 Å². The van der Waals surface area contributed by atoms with Gasteiger partial charge in [0, 0.05) is 24.8 Å². The zero-order chi connectivity index (χ0) is 13.0. The van der Waals surface area contributed by atoms with Crippen molar-refractivity contribution >= 4 is 0 Å². The SMILES string of the molecule is Cc1cccnc1CNCC1(N(C)C)CCCC1. The Kier molecular flexibility index (Phi) is 4.36. The van der Waals surface area contributed by atoms with Gasteiger partial charge in [0.15, 0.2) is 0 Å². The van der Waals surface area contributed by atoms with E-state index in [2.05, 4.69) is 42.3 Å². The summed E-state index contributed by atoms with van der Waals surface area (Å²) in [4.78, 5) is 6.83. The Bertz CT molecular complexity index is 381. The van der Waals surface area contributed by atoms with Crippen LogP contribution < -0.4 is 5.32 Å². The van der Waals surface area contributed by atoms with Crippen molar-refractivity contribution in [1.29, 1.82) is 0 Å². The van der Waals surface area contributed by atoms with Crippen LogP contribution in [0.5, 0.6) is 0 Å². The fraction of sp³-hybridized carbons (Fsp3) is 0.667. The van der Waals surface area contributed by atoms with Gasteiger partial charge in [-0.25, -0.2) is 0 Å². The van der Waals surface area contributed by atoms with Crippen LogP contribution in [-0.2, 0) is 6.54 Å². The predicted molar refractivity (Wildman–Crippen MR) is 75.6 cm³/mol. The number of hydrogen-bond acceptors (Lipinski definition) is 3. The highest BCUT2D eigenvalue weighted by Crippen LogP contribution is 2.33. The minimum absolute atomic E-state index is 0.364.